The molecule has 3 aromatic rings. The molecular weight excluding hydrogens is 511 g/mol. The third-order valence-corrected chi connectivity index (χ3v) is 7.11. The highest BCUT2D eigenvalue weighted by Crippen LogP contribution is 2.44. The van der Waals surface area contributed by atoms with Gasteiger partial charge in [0.1, 0.15) is 28.2 Å². The van der Waals surface area contributed by atoms with Gasteiger partial charge in [0.25, 0.3) is 5.78 Å². The smallest absolute Gasteiger partial charge is 0.350 e. The number of unbranched alkanes of at least 4 members (excludes halogenated alkanes) is 1. The van der Waals surface area contributed by atoms with Crippen LogP contribution in [0.4, 0.5) is 9.52 Å². The number of anilines is 1. The van der Waals surface area contributed by atoms with E-state index in [4.69, 9.17) is 9.47 Å². The molecule has 1 N–H and O–H groups in total. The monoisotopic (exact) mass is 538 g/mol. The predicted octanol–water partition coefficient (Wildman–Crippen LogP) is 5.57. The number of Topliss-reactive ketones (excluding diaryl/α,β-unsaturated/α-hetero) is 1. The number of esters is 1. The van der Waals surface area contributed by atoms with Crippen LogP contribution in [0.1, 0.15) is 59.2 Å². The van der Waals surface area contributed by atoms with E-state index >= 15 is 4.39 Å². The largest absolute Gasteiger partial charge is 0.507 e. The van der Waals surface area contributed by atoms with E-state index in [0.717, 1.165) is 29.1 Å². The molecule has 0 saturated carbocycles. The molecule has 2 heterocycles. The Morgan fingerprint density at radius 2 is 1.92 bits per heavy atom. The van der Waals surface area contributed by atoms with Crippen LogP contribution in [-0.2, 0) is 14.3 Å². The van der Waals surface area contributed by atoms with E-state index in [1.54, 1.807) is 44.2 Å². The zero-order valence-corrected chi connectivity index (χ0v) is 22.0. The van der Waals surface area contributed by atoms with Crippen molar-refractivity contribution in [3.05, 3.63) is 81.6 Å². The number of carbonyl (C=O) groups is 3. The molecule has 38 heavy (non-hydrogen) atoms. The number of ketones is 1. The van der Waals surface area contributed by atoms with Gasteiger partial charge in [0.15, 0.2) is 5.13 Å². The number of nitrogens with zero attached hydrogens (tertiary/aromatic N) is 2. The van der Waals surface area contributed by atoms with E-state index in [1.807, 2.05) is 6.92 Å². The molecule has 2 aromatic carbocycles. The molecule has 0 radical (unpaired) electrons. The van der Waals surface area contributed by atoms with E-state index in [1.165, 1.54) is 18.2 Å². The van der Waals surface area contributed by atoms with Crippen LogP contribution in [0, 0.1) is 12.7 Å². The first kappa shape index (κ1) is 27.0. The quantitative estimate of drug-likeness (QED) is 0.125. The van der Waals surface area contributed by atoms with Gasteiger partial charge < -0.3 is 14.6 Å². The highest BCUT2D eigenvalue weighted by molar-refractivity contribution is 7.17. The lowest BCUT2D eigenvalue weighted by atomic mass is 9.95. The number of rotatable bonds is 9. The molecule has 1 amide bonds. The van der Waals surface area contributed by atoms with Gasteiger partial charge in [-0.2, -0.15) is 0 Å². The molecule has 198 valence electrons. The molecule has 0 aliphatic carbocycles. The van der Waals surface area contributed by atoms with Crippen LogP contribution in [0.3, 0.4) is 0 Å². The van der Waals surface area contributed by atoms with E-state index in [2.05, 4.69) is 4.98 Å². The first-order valence-electron chi connectivity index (χ1n) is 12.2. The molecule has 1 unspecified atom stereocenters. The van der Waals surface area contributed by atoms with Crippen LogP contribution in [-0.4, -0.2) is 41.0 Å². The van der Waals surface area contributed by atoms with Gasteiger partial charge >= 0.3 is 11.9 Å². The Morgan fingerprint density at radius 3 is 2.63 bits per heavy atom. The zero-order valence-electron chi connectivity index (χ0n) is 21.2. The van der Waals surface area contributed by atoms with E-state index in [-0.39, 0.29) is 33.3 Å². The van der Waals surface area contributed by atoms with Crippen molar-refractivity contribution in [2.75, 3.05) is 18.1 Å². The van der Waals surface area contributed by atoms with Crippen LogP contribution in [0.2, 0.25) is 0 Å². The number of ether oxygens (including phenoxy) is 2. The SMILES string of the molecule is CCCCOc1cccc(C(O)=C2C(=O)C(=O)N(c3nc(C)c(C(=O)OCC)s3)C2c2ccccc2F)c1. The second-order valence-electron chi connectivity index (χ2n) is 8.55. The van der Waals surface area contributed by atoms with Crippen molar-refractivity contribution in [3.63, 3.8) is 0 Å². The average molecular weight is 539 g/mol. The fourth-order valence-electron chi connectivity index (χ4n) is 4.12. The summed E-state index contributed by atoms with van der Waals surface area (Å²) >= 11 is 0.859. The van der Waals surface area contributed by atoms with Crippen molar-refractivity contribution in [1.29, 1.82) is 0 Å². The number of hydrogen-bond donors (Lipinski definition) is 1. The third kappa shape index (κ3) is 5.17. The summed E-state index contributed by atoms with van der Waals surface area (Å²) in [5, 5.41) is 11.3. The molecule has 1 aromatic heterocycles. The molecule has 0 spiro atoms. The number of hydrogen-bond acceptors (Lipinski definition) is 8. The van der Waals surface area contributed by atoms with Gasteiger partial charge in [0, 0.05) is 11.1 Å². The van der Waals surface area contributed by atoms with Gasteiger partial charge in [-0.05, 0) is 38.5 Å². The maximum Gasteiger partial charge on any atom is 0.350 e. The number of halogens is 1. The fraction of sp³-hybridized carbons (Fsp3) is 0.286. The summed E-state index contributed by atoms with van der Waals surface area (Å²) in [5.41, 5.74) is 0.237. The minimum Gasteiger partial charge on any atom is -0.507 e. The Morgan fingerprint density at radius 1 is 1.16 bits per heavy atom. The van der Waals surface area contributed by atoms with Crippen LogP contribution in [0.25, 0.3) is 5.76 Å². The Bertz CT molecular complexity index is 1420. The summed E-state index contributed by atoms with van der Waals surface area (Å²) < 4.78 is 25.9. The molecule has 1 aliphatic rings. The summed E-state index contributed by atoms with van der Waals surface area (Å²) in [6.07, 6.45) is 1.79. The van der Waals surface area contributed by atoms with Gasteiger partial charge in [-0.25, -0.2) is 14.2 Å². The molecule has 8 nitrogen and oxygen atoms in total. The van der Waals surface area contributed by atoms with Gasteiger partial charge in [-0.15, -0.1) is 0 Å². The molecule has 10 heteroatoms. The average Bonchev–Trinajstić information content (AvgIpc) is 3.41. The number of aliphatic hydroxyl groups excluding tert-OH is 1. The van der Waals surface area contributed by atoms with E-state index in [9.17, 15) is 19.5 Å². The van der Waals surface area contributed by atoms with Crippen molar-refractivity contribution < 1.29 is 33.4 Å². The summed E-state index contributed by atoms with van der Waals surface area (Å²) in [7, 11) is 0. The number of carbonyl (C=O) groups excluding carboxylic acids is 3. The van der Waals surface area contributed by atoms with Gasteiger partial charge in [0.05, 0.1) is 24.5 Å². The second kappa shape index (κ2) is 11.6. The van der Waals surface area contributed by atoms with Gasteiger partial charge in [0.2, 0.25) is 0 Å². The predicted molar refractivity (Wildman–Crippen MR) is 141 cm³/mol. The van der Waals surface area contributed by atoms with E-state index < -0.39 is 35.3 Å². The zero-order chi connectivity index (χ0) is 27.4. The first-order chi connectivity index (χ1) is 18.3. The minimum absolute atomic E-state index is 0.00543. The number of benzene rings is 2. The fourth-order valence-corrected chi connectivity index (χ4v) is 5.10. The molecular formula is C28H27FN2O6S. The van der Waals surface area contributed by atoms with Crippen molar-refractivity contribution in [1.82, 2.24) is 4.98 Å². The highest BCUT2D eigenvalue weighted by atomic mass is 32.1. The Hall–Kier alpha value is -4.05. The van der Waals surface area contributed by atoms with Crippen LogP contribution >= 0.6 is 11.3 Å². The van der Waals surface area contributed by atoms with Crippen LogP contribution < -0.4 is 9.64 Å². The standard InChI is InChI=1S/C28H27FN2O6S/c1-4-6-14-37-18-11-9-10-17(15-18)23(32)21-22(19-12-7-8-13-20(19)29)31(26(34)24(21)33)28-30-16(3)25(38-28)27(35)36-5-2/h7-13,15,22,32H,4-6,14H2,1-3H3. The van der Waals surface area contributed by atoms with Crippen molar-refractivity contribution >= 4 is 39.9 Å². The summed E-state index contributed by atoms with van der Waals surface area (Å²) in [4.78, 5) is 44.6. The number of thiazole rings is 1. The minimum atomic E-state index is -1.32. The maximum absolute atomic E-state index is 15.1. The van der Waals surface area contributed by atoms with Gasteiger partial charge in [-0.1, -0.05) is 55.0 Å². The molecule has 1 fully saturated rings. The maximum atomic E-state index is 15.1. The Labute approximate surface area is 223 Å². The van der Waals surface area contributed by atoms with Crippen molar-refractivity contribution in [2.24, 2.45) is 0 Å². The number of aliphatic hydroxyl groups is 1. The molecule has 1 saturated heterocycles. The van der Waals surface area contributed by atoms with Crippen LogP contribution in [0.5, 0.6) is 5.75 Å². The number of aromatic nitrogens is 1. The van der Waals surface area contributed by atoms with Crippen LogP contribution in [0.15, 0.2) is 54.1 Å². The topological polar surface area (TPSA) is 106 Å². The normalized spacial score (nSPS) is 16.6. The first-order valence-corrected chi connectivity index (χ1v) is 13.0. The third-order valence-electron chi connectivity index (χ3n) is 5.97. The summed E-state index contributed by atoms with van der Waals surface area (Å²) in [6, 6.07) is 10.9. The number of aryl methyl sites for hydroxylation is 1. The van der Waals surface area contributed by atoms with Crippen molar-refractivity contribution in [2.45, 2.75) is 39.7 Å². The lowest BCUT2D eigenvalue weighted by Gasteiger charge is -2.23. The summed E-state index contributed by atoms with van der Waals surface area (Å²) in [6.45, 7) is 5.90. The summed E-state index contributed by atoms with van der Waals surface area (Å²) in [5.74, 6) is -3.29. The van der Waals surface area contributed by atoms with Gasteiger partial charge in [-0.3, -0.25) is 14.5 Å². The molecule has 4 rings (SSSR count). The molecule has 0 bridgehead atoms. The second-order valence-corrected chi connectivity index (χ2v) is 9.53. The Kier molecular flexibility index (Phi) is 8.21. The Balaban J connectivity index is 1.86. The lowest BCUT2D eigenvalue weighted by Crippen LogP contribution is -2.29. The van der Waals surface area contributed by atoms with Crippen molar-refractivity contribution in [3.8, 4) is 5.75 Å². The number of amides is 1. The molecule has 1 aliphatic heterocycles. The molecule has 1 atom stereocenters. The lowest BCUT2D eigenvalue weighted by molar-refractivity contribution is -0.132. The highest BCUT2D eigenvalue weighted by Gasteiger charge is 2.49. The van der Waals surface area contributed by atoms with E-state index in [0.29, 0.717) is 18.1 Å².